The summed E-state index contributed by atoms with van der Waals surface area (Å²) < 4.78 is 0. The molecular formula is C10H10ClO. The highest BCUT2D eigenvalue weighted by Crippen LogP contribution is 2.10. The van der Waals surface area contributed by atoms with E-state index in [0.717, 1.165) is 10.6 Å². The molecule has 2 heteroatoms. The smallest absolute Gasteiger partial charge is 0.0856 e. The van der Waals surface area contributed by atoms with Gasteiger partial charge in [-0.15, -0.1) is 0 Å². The third kappa shape index (κ3) is 3.07. The standard InChI is InChI=1S/C10H10ClO/c11-10-6-4-9(5-7-10)3-1-2-8-12/h1,3-7H,2,8H2/b3-1+. The van der Waals surface area contributed by atoms with E-state index >= 15 is 0 Å². The Bertz CT molecular complexity index is 251. The molecule has 1 aromatic carbocycles. The third-order valence-corrected chi connectivity index (χ3v) is 1.72. The zero-order chi connectivity index (χ0) is 8.81. The lowest BCUT2D eigenvalue weighted by Gasteiger charge is -1.92. The molecule has 0 heterocycles. The van der Waals surface area contributed by atoms with Crippen LogP contribution in [0.4, 0.5) is 0 Å². The van der Waals surface area contributed by atoms with Crippen molar-refractivity contribution in [1.82, 2.24) is 0 Å². The van der Waals surface area contributed by atoms with Crippen LogP contribution in [-0.2, 0) is 5.11 Å². The van der Waals surface area contributed by atoms with Gasteiger partial charge < -0.3 is 0 Å². The van der Waals surface area contributed by atoms with Crippen molar-refractivity contribution in [2.75, 3.05) is 6.61 Å². The second-order valence-corrected chi connectivity index (χ2v) is 2.88. The summed E-state index contributed by atoms with van der Waals surface area (Å²) in [5.41, 5.74) is 1.08. The molecule has 1 nitrogen and oxygen atoms in total. The van der Waals surface area contributed by atoms with Crippen LogP contribution in [0.25, 0.3) is 6.08 Å². The summed E-state index contributed by atoms with van der Waals surface area (Å²) in [6.07, 6.45) is 4.38. The minimum Gasteiger partial charge on any atom is -0.236 e. The summed E-state index contributed by atoms with van der Waals surface area (Å²) in [5, 5.41) is 10.8. The second kappa shape index (κ2) is 4.96. The van der Waals surface area contributed by atoms with Gasteiger partial charge in [0.2, 0.25) is 0 Å². The van der Waals surface area contributed by atoms with Gasteiger partial charge >= 0.3 is 0 Å². The van der Waals surface area contributed by atoms with Crippen LogP contribution in [0.1, 0.15) is 12.0 Å². The van der Waals surface area contributed by atoms with Crippen molar-refractivity contribution in [3.05, 3.63) is 40.9 Å². The van der Waals surface area contributed by atoms with Crippen LogP contribution in [0.15, 0.2) is 30.3 Å². The summed E-state index contributed by atoms with van der Waals surface area (Å²) in [6, 6.07) is 7.50. The van der Waals surface area contributed by atoms with Crippen LogP contribution in [0.2, 0.25) is 5.02 Å². The molecule has 0 aliphatic heterocycles. The van der Waals surface area contributed by atoms with Crippen LogP contribution in [-0.4, -0.2) is 6.61 Å². The summed E-state index contributed by atoms with van der Waals surface area (Å²) in [4.78, 5) is 0. The van der Waals surface area contributed by atoms with Crippen molar-refractivity contribution in [2.45, 2.75) is 6.42 Å². The quantitative estimate of drug-likeness (QED) is 0.683. The van der Waals surface area contributed by atoms with Gasteiger partial charge in [0.1, 0.15) is 0 Å². The Balaban J connectivity index is 2.58. The zero-order valence-electron chi connectivity index (χ0n) is 6.66. The van der Waals surface area contributed by atoms with Crippen LogP contribution in [0.5, 0.6) is 0 Å². The zero-order valence-corrected chi connectivity index (χ0v) is 7.42. The molecule has 0 N–H and O–H groups in total. The van der Waals surface area contributed by atoms with E-state index in [1.165, 1.54) is 0 Å². The second-order valence-electron chi connectivity index (χ2n) is 2.45. The van der Waals surface area contributed by atoms with Gasteiger partial charge in [-0.05, 0) is 24.1 Å². The Hall–Kier alpha value is -0.790. The molecule has 0 aliphatic rings. The molecule has 0 saturated carbocycles. The molecule has 1 aromatic rings. The highest BCUT2D eigenvalue weighted by atomic mass is 35.5. The van der Waals surface area contributed by atoms with Crippen molar-refractivity contribution < 1.29 is 5.11 Å². The Labute approximate surface area is 77.3 Å². The van der Waals surface area contributed by atoms with Gasteiger partial charge in [0.05, 0.1) is 6.61 Å². The molecule has 1 rings (SSSR count). The maximum atomic E-state index is 10.1. The first-order valence-corrected chi connectivity index (χ1v) is 4.21. The minimum absolute atomic E-state index is 0.0515. The summed E-state index contributed by atoms with van der Waals surface area (Å²) >= 11 is 5.70. The number of rotatable bonds is 3. The van der Waals surface area contributed by atoms with Gasteiger partial charge in [-0.25, -0.2) is 5.11 Å². The number of hydrogen-bond acceptors (Lipinski definition) is 0. The van der Waals surface area contributed by atoms with Crippen LogP contribution in [0.3, 0.4) is 0 Å². The predicted molar refractivity (Wildman–Crippen MR) is 50.7 cm³/mol. The van der Waals surface area contributed by atoms with Crippen LogP contribution < -0.4 is 0 Å². The van der Waals surface area contributed by atoms with E-state index < -0.39 is 0 Å². The highest BCUT2D eigenvalue weighted by molar-refractivity contribution is 6.30. The van der Waals surface area contributed by atoms with Gasteiger partial charge in [0.25, 0.3) is 0 Å². The predicted octanol–water partition coefficient (Wildman–Crippen LogP) is 3.17. The largest absolute Gasteiger partial charge is 0.236 e. The molecule has 0 aliphatic carbocycles. The monoisotopic (exact) mass is 181 g/mol. The topological polar surface area (TPSA) is 19.9 Å². The molecule has 0 atom stereocenters. The lowest BCUT2D eigenvalue weighted by atomic mass is 10.2. The average molecular weight is 182 g/mol. The SMILES string of the molecule is [O]CC/C=C/c1ccc(Cl)cc1. The Kier molecular flexibility index (Phi) is 3.85. The van der Waals surface area contributed by atoms with Gasteiger partial charge in [0, 0.05) is 5.02 Å². The first kappa shape index (κ1) is 9.30. The molecule has 12 heavy (non-hydrogen) atoms. The van der Waals surface area contributed by atoms with Gasteiger partial charge in [-0.1, -0.05) is 35.9 Å². The van der Waals surface area contributed by atoms with Crippen LogP contribution in [0, 0.1) is 0 Å². The van der Waals surface area contributed by atoms with Gasteiger partial charge in [0.15, 0.2) is 0 Å². The fourth-order valence-corrected chi connectivity index (χ4v) is 0.987. The Morgan fingerprint density at radius 2 is 1.92 bits per heavy atom. The van der Waals surface area contributed by atoms with E-state index in [2.05, 4.69) is 0 Å². The molecule has 0 bridgehead atoms. The van der Waals surface area contributed by atoms with E-state index in [9.17, 15) is 5.11 Å². The molecule has 0 aromatic heterocycles. The molecule has 63 valence electrons. The Morgan fingerprint density at radius 1 is 1.25 bits per heavy atom. The lowest BCUT2D eigenvalue weighted by Crippen LogP contribution is -1.74. The van der Waals surface area contributed by atoms with Crippen molar-refractivity contribution in [3.63, 3.8) is 0 Å². The summed E-state index contributed by atoms with van der Waals surface area (Å²) in [6.45, 7) is -0.0515. The fraction of sp³-hybridized carbons (Fsp3) is 0.200. The minimum atomic E-state index is -0.0515. The summed E-state index contributed by atoms with van der Waals surface area (Å²) in [7, 11) is 0. The van der Waals surface area contributed by atoms with Crippen LogP contribution >= 0.6 is 11.6 Å². The van der Waals surface area contributed by atoms with E-state index in [1.54, 1.807) is 0 Å². The lowest BCUT2D eigenvalue weighted by molar-refractivity contribution is 0.199. The van der Waals surface area contributed by atoms with Crippen molar-refractivity contribution in [3.8, 4) is 0 Å². The van der Waals surface area contributed by atoms with E-state index in [1.807, 2.05) is 36.4 Å². The Morgan fingerprint density at radius 3 is 2.50 bits per heavy atom. The van der Waals surface area contributed by atoms with Gasteiger partial charge in [-0.3, -0.25) is 0 Å². The molecule has 0 unspecified atom stereocenters. The molecule has 0 fully saturated rings. The highest BCUT2D eigenvalue weighted by Gasteiger charge is 1.86. The van der Waals surface area contributed by atoms with Crippen molar-refractivity contribution in [1.29, 1.82) is 0 Å². The fourth-order valence-electron chi connectivity index (χ4n) is 0.861. The number of hydrogen-bond donors (Lipinski definition) is 0. The molecule has 0 saturated heterocycles. The van der Waals surface area contributed by atoms with Crippen molar-refractivity contribution in [2.24, 2.45) is 0 Å². The average Bonchev–Trinajstić information content (AvgIpc) is 2.09. The van der Waals surface area contributed by atoms with E-state index in [4.69, 9.17) is 11.6 Å². The first-order chi connectivity index (χ1) is 5.83. The first-order valence-electron chi connectivity index (χ1n) is 3.83. The van der Waals surface area contributed by atoms with Crippen molar-refractivity contribution >= 4 is 17.7 Å². The number of halogens is 1. The summed E-state index contributed by atoms with van der Waals surface area (Å²) in [5.74, 6) is 0. The molecular weight excluding hydrogens is 172 g/mol. The molecule has 0 amide bonds. The van der Waals surface area contributed by atoms with E-state index in [-0.39, 0.29) is 6.61 Å². The molecule has 1 radical (unpaired) electrons. The maximum absolute atomic E-state index is 10.1. The normalized spacial score (nSPS) is 10.8. The number of benzene rings is 1. The third-order valence-electron chi connectivity index (χ3n) is 1.46. The van der Waals surface area contributed by atoms with Gasteiger partial charge in [-0.2, -0.15) is 0 Å². The maximum Gasteiger partial charge on any atom is 0.0856 e. The molecule has 0 spiro atoms. The van der Waals surface area contributed by atoms with E-state index in [0.29, 0.717) is 6.42 Å².